The summed E-state index contributed by atoms with van der Waals surface area (Å²) in [7, 11) is 0. The number of benzene rings is 3. The van der Waals surface area contributed by atoms with Gasteiger partial charge in [0.05, 0.1) is 12.7 Å². The number of fused-ring (bicyclic) bond motifs is 3. The fourth-order valence-corrected chi connectivity index (χ4v) is 4.73. The van der Waals surface area contributed by atoms with Crippen molar-refractivity contribution < 1.29 is 29.0 Å². The lowest BCUT2D eigenvalue weighted by molar-refractivity contribution is -0.146. The summed E-state index contributed by atoms with van der Waals surface area (Å²) in [6.07, 6.45) is -1.65. The summed E-state index contributed by atoms with van der Waals surface area (Å²) in [5.41, 5.74) is 5.21. The number of amides is 2. The van der Waals surface area contributed by atoms with Gasteiger partial charge in [-0.1, -0.05) is 78.9 Å². The Bertz CT molecular complexity index is 1370. The topological polar surface area (TPSA) is 114 Å². The molecule has 1 aliphatic carbocycles. The number of carbonyl (C=O) groups is 3. The molecule has 4 rings (SSSR count). The van der Waals surface area contributed by atoms with Crippen molar-refractivity contribution in [3.05, 3.63) is 95.6 Å². The molecule has 0 fully saturated rings. The SMILES string of the molecule is CC#CCC(NC(=O)OCC1c2ccccc2-c2ccccc21)C(=O)NC(C(=O)O)C(C)OCc1ccccc1. The Morgan fingerprint density at radius 2 is 1.50 bits per heavy atom. The largest absolute Gasteiger partial charge is 0.480 e. The van der Waals surface area contributed by atoms with E-state index in [1.807, 2.05) is 78.9 Å². The molecule has 40 heavy (non-hydrogen) atoms. The van der Waals surface area contributed by atoms with Gasteiger partial charge in [-0.15, -0.1) is 11.8 Å². The van der Waals surface area contributed by atoms with Gasteiger partial charge in [0.25, 0.3) is 0 Å². The molecule has 0 saturated heterocycles. The molecule has 0 aromatic heterocycles. The van der Waals surface area contributed by atoms with Gasteiger partial charge in [-0.3, -0.25) is 4.79 Å². The van der Waals surface area contributed by atoms with Crippen LogP contribution in [0.2, 0.25) is 0 Å². The van der Waals surface area contributed by atoms with Crippen molar-refractivity contribution in [3.8, 4) is 23.0 Å². The van der Waals surface area contributed by atoms with E-state index in [0.717, 1.165) is 27.8 Å². The summed E-state index contributed by atoms with van der Waals surface area (Å²) in [4.78, 5) is 37.9. The Kier molecular flexibility index (Phi) is 9.55. The molecule has 0 bridgehead atoms. The van der Waals surface area contributed by atoms with Crippen LogP contribution in [0.1, 0.15) is 42.9 Å². The fourth-order valence-electron chi connectivity index (χ4n) is 4.73. The molecule has 0 radical (unpaired) electrons. The summed E-state index contributed by atoms with van der Waals surface area (Å²) in [5, 5.41) is 14.8. The lowest BCUT2D eigenvalue weighted by Gasteiger charge is -2.24. The number of carboxylic acids is 1. The van der Waals surface area contributed by atoms with Gasteiger partial charge in [-0.05, 0) is 41.7 Å². The first-order valence-electron chi connectivity index (χ1n) is 13.1. The third-order valence-corrected chi connectivity index (χ3v) is 6.82. The number of alkyl carbamates (subject to hydrolysis) is 1. The van der Waals surface area contributed by atoms with E-state index in [-0.39, 0.29) is 25.6 Å². The Balaban J connectivity index is 1.38. The van der Waals surface area contributed by atoms with E-state index >= 15 is 0 Å². The van der Waals surface area contributed by atoms with Crippen LogP contribution in [0.4, 0.5) is 4.79 Å². The molecule has 2 amide bonds. The third kappa shape index (κ3) is 6.87. The van der Waals surface area contributed by atoms with Gasteiger partial charge in [0, 0.05) is 12.3 Å². The van der Waals surface area contributed by atoms with Crippen LogP contribution in [0.5, 0.6) is 0 Å². The molecular formula is C32H32N2O6. The molecule has 3 aromatic carbocycles. The summed E-state index contributed by atoms with van der Waals surface area (Å²) < 4.78 is 11.3. The molecule has 0 spiro atoms. The maximum absolute atomic E-state index is 13.1. The zero-order valence-electron chi connectivity index (χ0n) is 22.4. The van der Waals surface area contributed by atoms with Crippen molar-refractivity contribution in [2.24, 2.45) is 0 Å². The number of carbonyl (C=O) groups excluding carboxylic acids is 2. The number of carboxylic acid groups (broad SMARTS) is 1. The van der Waals surface area contributed by atoms with Gasteiger partial charge in [0.2, 0.25) is 5.91 Å². The molecule has 0 heterocycles. The van der Waals surface area contributed by atoms with Gasteiger partial charge in [0.1, 0.15) is 12.6 Å². The number of nitrogens with one attached hydrogen (secondary N) is 2. The van der Waals surface area contributed by atoms with E-state index in [9.17, 15) is 19.5 Å². The Morgan fingerprint density at radius 1 is 0.900 bits per heavy atom. The van der Waals surface area contributed by atoms with Crippen LogP contribution in [0.25, 0.3) is 11.1 Å². The Hall–Kier alpha value is -4.61. The van der Waals surface area contributed by atoms with Crippen LogP contribution < -0.4 is 10.6 Å². The molecule has 3 aromatic rings. The fraction of sp³-hybridized carbons (Fsp3) is 0.281. The summed E-state index contributed by atoms with van der Waals surface area (Å²) in [5.74, 6) is 3.39. The normalized spacial score (nSPS) is 13.9. The van der Waals surface area contributed by atoms with Crippen LogP contribution >= 0.6 is 0 Å². The maximum Gasteiger partial charge on any atom is 0.407 e. The molecule has 8 heteroatoms. The zero-order valence-corrected chi connectivity index (χ0v) is 22.4. The predicted octanol–water partition coefficient (Wildman–Crippen LogP) is 4.48. The second-order valence-corrected chi connectivity index (χ2v) is 9.48. The van der Waals surface area contributed by atoms with Crippen molar-refractivity contribution in [2.75, 3.05) is 6.61 Å². The number of hydrogen-bond acceptors (Lipinski definition) is 5. The van der Waals surface area contributed by atoms with Crippen LogP contribution in [0.15, 0.2) is 78.9 Å². The minimum Gasteiger partial charge on any atom is -0.480 e. The van der Waals surface area contributed by atoms with E-state index in [0.29, 0.717) is 0 Å². The summed E-state index contributed by atoms with van der Waals surface area (Å²) >= 11 is 0. The minimum atomic E-state index is -1.34. The minimum absolute atomic E-state index is 0.0158. The molecule has 3 unspecified atom stereocenters. The lowest BCUT2D eigenvalue weighted by atomic mass is 9.98. The van der Waals surface area contributed by atoms with Crippen LogP contribution in [0.3, 0.4) is 0 Å². The third-order valence-electron chi connectivity index (χ3n) is 6.82. The van der Waals surface area contributed by atoms with Gasteiger partial charge in [-0.2, -0.15) is 0 Å². The van der Waals surface area contributed by atoms with Crippen LogP contribution in [0, 0.1) is 11.8 Å². The molecule has 0 saturated carbocycles. The highest BCUT2D eigenvalue weighted by Gasteiger charge is 2.32. The second kappa shape index (κ2) is 13.5. The number of aliphatic carboxylic acids is 1. The maximum atomic E-state index is 13.1. The van der Waals surface area contributed by atoms with E-state index in [4.69, 9.17) is 9.47 Å². The molecule has 3 atom stereocenters. The number of rotatable bonds is 11. The summed E-state index contributed by atoms with van der Waals surface area (Å²) in [6.45, 7) is 3.45. The molecule has 3 N–H and O–H groups in total. The first-order chi connectivity index (χ1) is 19.4. The van der Waals surface area contributed by atoms with E-state index < -0.39 is 36.2 Å². The van der Waals surface area contributed by atoms with Gasteiger partial charge in [0.15, 0.2) is 6.04 Å². The monoisotopic (exact) mass is 540 g/mol. The van der Waals surface area contributed by atoms with E-state index in [1.165, 1.54) is 0 Å². The Labute approximate surface area is 233 Å². The zero-order chi connectivity index (χ0) is 28.5. The number of ether oxygens (including phenoxy) is 2. The average Bonchev–Trinajstić information content (AvgIpc) is 3.29. The summed E-state index contributed by atoms with van der Waals surface area (Å²) in [6, 6.07) is 22.8. The highest BCUT2D eigenvalue weighted by atomic mass is 16.5. The molecule has 8 nitrogen and oxygen atoms in total. The predicted molar refractivity (Wildman–Crippen MR) is 150 cm³/mol. The van der Waals surface area contributed by atoms with Crippen molar-refractivity contribution in [1.29, 1.82) is 0 Å². The molecular weight excluding hydrogens is 508 g/mol. The van der Waals surface area contributed by atoms with Gasteiger partial charge >= 0.3 is 12.1 Å². The smallest absolute Gasteiger partial charge is 0.407 e. The average molecular weight is 541 g/mol. The van der Waals surface area contributed by atoms with E-state index in [1.54, 1.807) is 13.8 Å². The first-order valence-corrected chi connectivity index (χ1v) is 13.1. The highest BCUT2D eigenvalue weighted by molar-refractivity contribution is 5.89. The second-order valence-electron chi connectivity index (χ2n) is 9.48. The van der Waals surface area contributed by atoms with Crippen LogP contribution in [-0.4, -0.2) is 47.9 Å². The van der Waals surface area contributed by atoms with Crippen molar-refractivity contribution in [3.63, 3.8) is 0 Å². The van der Waals surface area contributed by atoms with Gasteiger partial charge < -0.3 is 25.2 Å². The highest BCUT2D eigenvalue weighted by Crippen LogP contribution is 2.44. The molecule has 1 aliphatic rings. The quantitative estimate of drug-likeness (QED) is 0.309. The van der Waals surface area contributed by atoms with E-state index in [2.05, 4.69) is 22.5 Å². The van der Waals surface area contributed by atoms with Crippen molar-refractivity contribution in [2.45, 2.75) is 51.0 Å². The lowest BCUT2D eigenvalue weighted by Crippen LogP contribution is -2.55. The van der Waals surface area contributed by atoms with Crippen molar-refractivity contribution in [1.82, 2.24) is 10.6 Å². The van der Waals surface area contributed by atoms with Crippen LogP contribution in [-0.2, 0) is 25.7 Å². The Morgan fingerprint density at radius 3 is 2.10 bits per heavy atom. The van der Waals surface area contributed by atoms with Crippen molar-refractivity contribution >= 4 is 18.0 Å². The first kappa shape index (κ1) is 28.4. The standard InChI is InChI=1S/C32H32N2O6/c1-3-4-18-28(30(35)34-29(31(36)37)21(2)39-19-22-12-6-5-7-13-22)33-32(38)40-20-27-25-16-10-8-14-23(25)24-15-9-11-17-26(24)27/h5-17,21,27-29H,18-20H2,1-2H3,(H,33,38)(H,34,35)(H,36,37). The molecule has 0 aliphatic heterocycles. The number of hydrogen-bond donors (Lipinski definition) is 3. The van der Waals surface area contributed by atoms with Gasteiger partial charge in [-0.25, -0.2) is 9.59 Å². The molecule has 206 valence electrons.